The fraction of sp³-hybridized carbons (Fsp3) is 0.333. The van der Waals surface area contributed by atoms with Crippen molar-refractivity contribution in [2.75, 3.05) is 6.61 Å². The van der Waals surface area contributed by atoms with Crippen LogP contribution in [0.3, 0.4) is 0 Å². The van der Waals surface area contributed by atoms with Crippen molar-refractivity contribution in [2.24, 2.45) is 0 Å². The third-order valence-electron chi connectivity index (χ3n) is 1.47. The smallest absolute Gasteiger partial charge is 0.212 e. The normalized spacial score (nSPS) is 11.0. The fourth-order valence-electron chi connectivity index (χ4n) is 0.969. The summed E-state index contributed by atoms with van der Waals surface area (Å²) in [5.74, 6) is 0. The van der Waals surface area contributed by atoms with Crippen molar-refractivity contribution in [1.29, 1.82) is 0 Å². The molecule has 2 aromatic rings. The molecule has 1 N–H and O–H groups in total. The maximum Gasteiger partial charge on any atom is 0.212 e. The average Bonchev–Trinajstić information content (AvgIpc) is 2.53. The maximum atomic E-state index is 8.67. The van der Waals surface area contributed by atoms with Crippen molar-refractivity contribution in [1.82, 2.24) is 14.6 Å². The van der Waals surface area contributed by atoms with Crippen molar-refractivity contribution in [3.63, 3.8) is 0 Å². The summed E-state index contributed by atoms with van der Waals surface area (Å²) in [6.07, 6.45) is 2.36. The van der Waals surface area contributed by atoms with Crippen molar-refractivity contribution in [3.8, 4) is 0 Å². The van der Waals surface area contributed by atoms with E-state index in [2.05, 4.69) is 10.1 Å². The Labute approximate surface area is 67.1 Å². The lowest BCUT2D eigenvalue weighted by atomic mass is 10.3. The molecule has 0 saturated heterocycles. The van der Waals surface area contributed by atoms with Crippen molar-refractivity contribution in [2.45, 2.75) is 6.42 Å². The minimum absolute atomic E-state index is 0.144. The summed E-state index contributed by atoms with van der Waals surface area (Å²) in [7, 11) is 0. The first-order valence-corrected chi connectivity index (χ1v) is 4.17. The predicted molar refractivity (Wildman–Crippen MR) is 41.7 cm³/mol. The molecule has 0 bridgehead atoms. The van der Waals surface area contributed by atoms with Crippen LogP contribution in [0.4, 0.5) is 0 Å². The van der Waals surface area contributed by atoms with E-state index in [9.17, 15) is 0 Å². The Morgan fingerprint density at radius 1 is 1.64 bits per heavy atom. The van der Waals surface area contributed by atoms with Crippen molar-refractivity contribution >= 4 is 16.3 Å². The molecule has 0 saturated carbocycles. The van der Waals surface area contributed by atoms with E-state index in [0.29, 0.717) is 6.42 Å². The van der Waals surface area contributed by atoms with E-state index in [1.54, 1.807) is 16.2 Å². The van der Waals surface area contributed by atoms with E-state index in [-0.39, 0.29) is 6.61 Å². The molecule has 0 atom stereocenters. The monoisotopic (exact) mass is 169 g/mol. The summed E-state index contributed by atoms with van der Waals surface area (Å²) in [5, 5.41) is 12.7. The predicted octanol–water partition coefficient (Wildman–Crippen LogP) is 0.326. The van der Waals surface area contributed by atoms with Crippen LogP contribution in [0, 0.1) is 0 Å². The van der Waals surface area contributed by atoms with E-state index in [4.69, 9.17) is 5.11 Å². The fourth-order valence-corrected chi connectivity index (χ4v) is 1.58. The van der Waals surface area contributed by atoms with Gasteiger partial charge in [0, 0.05) is 13.0 Å². The highest BCUT2D eigenvalue weighted by molar-refractivity contribution is 7.14. The summed E-state index contributed by atoms with van der Waals surface area (Å²) < 4.78 is 1.75. The van der Waals surface area contributed by atoms with Crippen LogP contribution in [-0.2, 0) is 6.42 Å². The Hall–Kier alpha value is -0.940. The zero-order valence-corrected chi connectivity index (χ0v) is 6.58. The topological polar surface area (TPSA) is 50.4 Å². The van der Waals surface area contributed by atoms with Gasteiger partial charge in [-0.05, 0) is 0 Å². The van der Waals surface area contributed by atoms with Gasteiger partial charge in [-0.15, -0.1) is 0 Å². The minimum Gasteiger partial charge on any atom is -0.396 e. The van der Waals surface area contributed by atoms with E-state index >= 15 is 0 Å². The molecular formula is C6H7N3OS. The van der Waals surface area contributed by atoms with Gasteiger partial charge in [-0.2, -0.15) is 5.10 Å². The van der Waals surface area contributed by atoms with Crippen LogP contribution in [0.15, 0.2) is 11.7 Å². The third kappa shape index (κ3) is 1.02. The lowest BCUT2D eigenvalue weighted by molar-refractivity contribution is 0.297. The highest BCUT2D eigenvalue weighted by Gasteiger charge is 2.03. The number of nitrogens with zero attached hydrogens (tertiary/aromatic N) is 3. The molecule has 0 radical (unpaired) electrons. The van der Waals surface area contributed by atoms with E-state index in [1.165, 1.54) is 11.3 Å². The van der Waals surface area contributed by atoms with Crippen LogP contribution in [-0.4, -0.2) is 26.3 Å². The molecule has 2 aromatic heterocycles. The van der Waals surface area contributed by atoms with Gasteiger partial charge in [-0.25, -0.2) is 9.50 Å². The average molecular weight is 169 g/mol. The number of aromatic nitrogens is 3. The zero-order valence-electron chi connectivity index (χ0n) is 5.77. The molecule has 0 unspecified atom stereocenters. The highest BCUT2D eigenvalue weighted by Crippen LogP contribution is 2.09. The number of hydrogen-bond donors (Lipinski definition) is 1. The minimum atomic E-state index is 0.144. The summed E-state index contributed by atoms with van der Waals surface area (Å²) in [6, 6.07) is 0. The number of hydrogen-bond acceptors (Lipinski definition) is 4. The van der Waals surface area contributed by atoms with Gasteiger partial charge >= 0.3 is 0 Å². The number of imidazole rings is 1. The van der Waals surface area contributed by atoms with E-state index in [1.807, 2.05) is 0 Å². The summed E-state index contributed by atoms with van der Waals surface area (Å²) >= 11 is 1.49. The zero-order chi connectivity index (χ0) is 7.68. The first-order chi connectivity index (χ1) is 5.42. The molecule has 0 aliphatic carbocycles. The van der Waals surface area contributed by atoms with Gasteiger partial charge < -0.3 is 5.11 Å². The van der Waals surface area contributed by atoms with Gasteiger partial charge in [0.2, 0.25) is 4.96 Å². The van der Waals surface area contributed by atoms with Gasteiger partial charge in [0.05, 0.1) is 11.9 Å². The molecule has 5 heteroatoms. The molecule has 0 amide bonds. The summed E-state index contributed by atoms with van der Waals surface area (Å²) in [4.78, 5) is 4.99. The second kappa shape index (κ2) is 2.60. The van der Waals surface area contributed by atoms with Crippen LogP contribution < -0.4 is 0 Å². The van der Waals surface area contributed by atoms with E-state index < -0.39 is 0 Å². The molecule has 0 fully saturated rings. The highest BCUT2D eigenvalue weighted by atomic mass is 32.1. The Morgan fingerprint density at radius 2 is 2.55 bits per heavy atom. The molecule has 0 aliphatic heterocycles. The van der Waals surface area contributed by atoms with Crippen LogP contribution in [0.2, 0.25) is 0 Å². The Bertz CT molecular complexity index is 353. The molecule has 0 aliphatic rings. The van der Waals surface area contributed by atoms with Gasteiger partial charge in [-0.3, -0.25) is 0 Å². The van der Waals surface area contributed by atoms with Crippen molar-refractivity contribution in [3.05, 3.63) is 17.4 Å². The number of fused-ring (bicyclic) bond motifs is 1. The molecule has 2 heterocycles. The van der Waals surface area contributed by atoms with Gasteiger partial charge in [0.25, 0.3) is 0 Å². The van der Waals surface area contributed by atoms with Gasteiger partial charge in [-0.1, -0.05) is 11.3 Å². The number of rotatable bonds is 2. The first-order valence-electron chi connectivity index (χ1n) is 3.29. The largest absolute Gasteiger partial charge is 0.396 e. The third-order valence-corrected chi connectivity index (χ3v) is 2.15. The molecule has 11 heavy (non-hydrogen) atoms. The quantitative estimate of drug-likeness (QED) is 0.704. The van der Waals surface area contributed by atoms with Crippen LogP contribution in [0.25, 0.3) is 4.96 Å². The van der Waals surface area contributed by atoms with E-state index in [0.717, 1.165) is 10.7 Å². The number of aliphatic hydroxyl groups is 1. The standard InChI is InChI=1S/C6H7N3OS/c10-2-1-5-3-7-6-9(5)8-4-11-6/h3-4,10H,1-2H2. The lowest BCUT2D eigenvalue weighted by Gasteiger charge is -1.90. The molecule has 0 aromatic carbocycles. The summed E-state index contributed by atoms with van der Waals surface area (Å²) in [6.45, 7) is 0.144. The second-order valence-electron chi connectivity index (χ2n) is 2.16. The Balaban J connectivity index is 2.51. The lowest BCUT2D eigenvalue weighted by Crippen LogP contribution is -1.95. The van der Waals surface area contributed by atoms with Gasteiger partial charge in [0.1, 0.15) is 5.51 Å². The molecular weight excluding hydrogens is 162 g/mol. The molecule has 4 nitrogen and oxygen atoms in total. The Morgan fingerprint density at radius 3 is 3.36 bits per heavy atom. The first kappa shape index (κ1) is 6.75. The summed E-state index contributed by atoms with van der Waals surface area (Å²) in [5.41, 5.74) is 2.70. The SMILES string of the molecule is OCCc1cnc2scnn12. The van der Waals surface area contributed by atoms with Crippen LogP contribution in [0.1, 0.15) is 5.69 Å². The maximum absolute atomic E-state index is 8.67. The second-order valence-corrected chi connectivity index (χ2v) is 2.97. The molecule has 2 rings (SSSR count). The van der Waals surface area contributed by atoms with Gasteiger partial charge in [0.15, 0.2) is 0 Å². The molecule has 0 spiro atoms. The molecule has 58 valence electrons. The number of aliphatic hydroxyl groups excluding tert-OH is 1. The Kier molecular flexibility index (Phi) is 1.59. The van der Waals surface area contributed by atoms with Crippen LogP contribution >= 0.6 is 11.3 Å². The van der Waals surface area contributed by atoms with Crippen molar-refractivity contribution < 1.29 is 5.11 Å². The van der Waals surface area contributed by atoms with Crippen LogP contribution in [0.5, 0.6) is 0 Å².